The summed E-state index contributed by atoms with van der Waals surface area (Å²) >= 11 is 0. The molecule has 5 nitrogen and oxygen atoms in total. The molecule has 1 rings (SSSR count). The molecule has 0 bridgehead atoms. The van der Waals surface area contributed by atoms with Crippen LogP contribution in [0.2, 0.25) is 0 Å². The minimum Gasteiger partial charge on any atom is -0.494 e. The van der Waals surface area contributed by atoms with Gasteiger partial charge in [0.1, 0.15) is 5.75 Å². The standard InChI is InChI=1S/C17H28N2O3/c1-14(2)9-12-22-16-7-5-15(6-8-16)19-17(20)13-18-10-4-11-21-3/h5-8,14,18H,4,9-13H2,1-3H3,(H,19,20). The van der Waals surface area contributed by atoms with Gasteiger partial charge in [-0.25, -0.2) is 0 Å². The predicted octanol–water partition coefficient (Wildman–Crippen LogP) is 2.68. The van der Waals surface area contributed by atoms with Crippen molar-refractivity contribution < 1.29 is 14.3 Å². The van der Waals surface area contributed by atoms with Crippen LogP contribution in [0.5, 0.6) is 5.75 Å². The first-order valence-corrected chi connectivity index (χ1v) is 7.84. The normalized spacial score (nSPS) is 10.7. The fourth-order valence-corrected chi connectivity index (χ4v) is 1.80. The van der Waals surface area contributed by atoms with Crippen molar-refractivity contribution in [3.63, 3.8) is 0 Å². The second-order valence-electron chi connectivity index (χ2n) is 5.63. The molecular formula is C17H28N2O3. The van der Waals surface area contributed by atoms with E-state index in [4.69, 9.17) is 9.47 Å². The highest BCUT2D eigenvalue weighted by Crippen LogP contribution is 2.16. The molecule has 0 radical (unpaired) electrons. The summed E-state index contributed by atoms with van der Waals surface area (Å²) in [5.74, 6) is 1.41. The topological polar surface area (TPSA) is 59.6 Å². The molecule has 5 heteroatoms. The van der Waals surface area contributed by atoms with Gasteiger partial charge >= 0.3 is 0 Å². The second kappa shape index (κ2) is 11.0. The molecule has 0 saturated heterocycles. The van der Waals surface area contributed by atoms with Crippen LogP contribution in [0, 0.1) is 5.92 Å². The van der Waals surface area contributed by atoms with E-state index in [0.717, 1.165) is 37.4 Å². The van der Waals surface area contributed by atoms with Gasteiger partial charge in [-0.2, -0.15) is 0 Å². The lowest BCUT2D eigenvalue weighted by Crippen LogP contribution is -2.29. The van der Waals surface area contributed by atoms with E-state index in [1.165, 1.54) is 0 Å². The fourth-order valence-electron chi connectivity index (χ4n) is 1.80. The van der Waals surface area contributed by atoms with Crippen LogP contribution in [0.15, 0.2) is 24.3 Å². The number of hydrogen-bond donors (Lipinski definition) is 2. The lowest BCUT2D eigenvalue weighted by molar-refractivity contribution is -0.115. The number of nitrogens with one attached hydrogen (secondary N) is 2. The average molecular weight is 308 g/mol. The predicted molar refractivity (Wildman–Crippen MR) is 89.4 cm³/mol. The Kier molecular flexibility index (Phi) is 9.26. The van der Waals surface area contributed by atoms with Crippen LogP contribution in [0.25, 0.3) is 0 Å². The Balaban J connectivity index is 2.24. The molecular weight excluding hydrogens is 280 g/mol. The fraction of sp³-hybridized carbons (Fsp3) is 0.588. The molecule has 0 fully saturated rings. The maximum atomic E-state index is 11.7. The van der Waals surface area contributed by atoms with Crippen molar-refractivity contribution in [1.82, 2.24) is 5.32 Å². The summed E-state index contributed by atoms with van der Waals surface area (Å²) < 4.78 is 10.6. The molecule has 0 aromatic heterocycles. The van der Waals surface area contributed by atoms with Crippen molar-refractivity contribution in [1.29, 1.82) is 0 Å². The molecule has 0 aliphatic rings. The largest absolute Gasteiger partial charge is 0.494 e. The maximum absolute atomic E-state index is 11.7. The van der Waals surface area contributed by atoms with E-state index in [-0.39, 0.29) is 5.91 Å². The first kappa shape index (κ1) is 18.5. The van der Waals surface area contributed by atoms with E-state index >= 15 is 0 Å². The van der Waals surface area contributed by atoms with Gasteiger partial charge in [0.15, 0.2) is 0 Å². The SMILES string of the molecule is COCCCNCC(=O)Nc1ccc(OCCC(C)C)cc1. The van der Waals surface area contributed by atoms with E-state index in [0.29, 0.717) is 19.1 Å². The van der Waals surface area contributed by atoms with E-state index in [1.807, 2.05) is 24.3 Å². The Hall–Kier alpha value is -1.59. The summed E-state index contributed by atoms with van der Waals surface area (Å²) in [6.07, 6.45) is 1.93. The summed E-state index contributed by atoms with van der Waals surface area (Å²) in [7, 11) is 1.67. The molecule has 0 aliphatic carbocycles. The number of benzene rings is 1. The van der Waals surface area contributed by atoms with Crippen LogP contribution < -0.4 is 15.4 Å². The van der Waals surface area contributed by atoms with E-state index in [9.17, 15) is 4.79 Å². The maximum Gasteiger partial charge on any atom is 0.238 e. The van der Waals surface area contributed by atoms with Gasteiger partial charge in [0.05, 0.1) is 13.2 Å². The van der Waals surface area contributed by atoms with Crippen molar-refractivity contribution in [2.75, 3.05) is 38.7 Å². The molecule has 0 aliphatic heterocycles. The van der Waals surface area contributed by atoms with Gasteiger partial charge in [-0.15, -0.1) is 0 Å². The van der Waals surface area contributed by atoms with Gasteiger partial charge in [0.2, 0.25) is 5.91 Å². The number of hydrogen-bond acceptors (Lipinski definition) is 4. The first-order valence-electron chi connectivity index (χ1n) is 7.84. The number of carbonyl (C=O) groups excluding carboxylic acids is 1. The number of amides is 1. The van der Waals surface area contributed by atoms with Crippen LogP contribution in [-0.4, -0.2) is 39.3 Å². The van der Waals surface area contributed by atoms with Crippen molar-refractivity contribution in [3.05, 3.63) is 24.3 Å². The minimum absolute atomic E-state index is 0.0501. The van der Waals surface area contributed by atoms with Crippen molar-refractivity contribution in [3.8, 4) is 5.75 Å². The molecule has 1 amide bonds. The highest BCUT2D eigenvalue weighted by Gasteiger charge is 2.02. The number of methoxy groups -OCH3 is 1. The number of rotatable bonds is 11. The summed E-state index contributed by atoms with van der Waals surface area (Å²) in [4.78, 5) is 11.7. The van der Waals surface area contributed by atoms with Crippen molar-refractivity contribution in [2.45, 2.75) is 26.7 Å². The lowest BCUT2D eigenvalue weighted by Gasteiger charge is -2.10. The Morgan fingerprint density at radius 1 is 1.18 bits per heavy atom. The van der Waals surface area contributed by atoms with E-state index < -0.39 is 0 Å². The molecule has 22 heavy (non-hydrogen) atoms. The van der Waals surface area contributed by atoms with Crippen LogP contribution in [-0.2, 0) is 9.53 Å². The Morgan fingerprint density at radius 3 is 2.55 bits per heavy atom. The summed E-state index contributed by atoms with van der Waals surface area (Å²) in [5.41, 5.74) is 0.778. The van der Waals surface area contributed by atoms with Crippen molar-refractivity contribution in [2.24, 2.45) is 5.92 Å². The molecule has 0 unspecified atom stereocenters. The Labute approximate surface area is 133 Å². The number of anilines is 1. The quantitative estimate of drug-likeness (QED) is 0.617. The van der Waals surface area contributed by atoms with Crippen LogP contribution >= 0.6 is 0 Å². The second-order valence-corrected chi connectivity index (χ2v) is 5.63. The molecule has 0 heterocycles. The average Bonchev–Trinajstić information content (AvgIpc) is 2.48. The third kappa shape index (κ3) is 8.64. The Bertz CT molecular complexity index is 418. The summed E-state index contributed by atoms with van der Waals surface area (Å²) in [6, 6.07) is 7.46. The molecule has 1 aromatic carbocycles. The van der Waals surface area contributed by atoms with Gasteiger partial charge in [0.25, 0.3) is 0 Å². The Morgan fingerprint density at radius 2 is 1.91 bits per heavy atom. The molecule has 0 saturated carbocycles. The number of carbonyl (C=O) groups is 1. The van der Waals surface area contributed by atoms with E-state index in [1.54, 1.807) is 7.11 Å². The van der Waals surface area contributed by atoms with E-state index in [2.05, 4.69) is 24.5 Å². The van der Waals surface area contributed by atoms with Crippen LogP contribution in [0.3, 0.4) is 0 Å². The molecule has 0 atom stereocenters. The number of ether oxygens (including phenoxy) is 2. The smallest absolute Gasteiger partial charge is 0.238 e. The van der Waals surface area contributed by atoms with Gasteiger partial charge in [-0.3, -0.25) is 4.79 Å². The molecule has 0 spiro atoms. The zero-order chi connectivity index (χ0) is 16.2. The molecule has 124 valence electrons. The van der Waals surface area contributed by atoms with Gasteiger partial charge in [-0.05, 0) is 49.6 Å². The highest BCUT2D eigenvalue weighted by molar-refractivity contribution is 5.92. The lowest BCUT2D eigenvalue weighted by atomic mass is 10.1. The summed E-state index contributed by atoms with van der Waals surface area (Å²) in [6.45, 7) is 6.83. The highest BCUT2D eigenvalue weighted by atomic mass is 16.5. The zero-order valence-electron chi connectivity index (χ0n) is 13.9. The first-order chi connectivity index (χ1) is 10.6. The monoisotopic (exact) mass is 308 g/mol. The molecule has 2 N–H and O–H groups in total. The van der Waals surface area contributed by atoms with Gasteiger partial charge < -0.3 is 20.1 Å². The third-order valence-electron chi connectivity index (χ3n) is 3.09. The van der Waals surface area contributed by atoms with Crippen molar-refractivity contribution >= 4 is 11.6 Å². The van der Waals surface area contributed by atoms with Gasteiger partial charge in [-0.1, -0.05) is 13.8 Å². The van der Waals surface area contributed by atoms with Crippen LogP contribution in [0.4, 0.5) is 5.69 Å². The van der Waals surface area contributed by atoms with Gasteiger partial charge in [0, 0.05) is 19.4 Å². The third-order valence-corrected chi connectivity index (χ3v) is 3.09. The minimum atomic E-state index is -0.0501. The van der Waals surface area contributed by atoms with Crippen LogP contribution in [0.1, 0.15) is 26.7 Å². The summed E-state index contributed by atoms with van der Waals surface area (Å²) in [5, 5.41) is 5.92. The molecule has 1 aromatic rings. The zero-order valence-corrected chi connectivity index (χ0v) is 13.9.